The Balaban J connectivity index is 1.98. The van der Waals surface area contributed by atoms with Crippen molar-refractivity contribution in [1.82, 2.24) is 15.1 Å². The number of nitrogens with zero attached hydrogens (tertiary/aromatic N) is 2. The van der Waals surface area contributed by atoms with Gasteiger partial charge >= 0.3 is 5.97 Å². The summed E-state index contributed by atoms with van der Waals surface area (Å²) in [6.07, 6.45) is 1.43. The predicted octanol–water partition coefficient (Wildman–Crippen LogP) is 1.40. The first kappa shape index (κ1) is 17.5. The van der Waals surface area contributed by atoms with Gasteiger partial charge in [0, 0.05) is 32.5 Å². The van der Waals surface area contributed by atoms with Gasteiger partial charge in [0.15, 0.2) is 0 Å². The first-order valence-corrected chi connectivity index (χ1v) is 8.02. The van der Waals surface area contributed by atoms with Gasteiger partial charge in [-0.2, -0.15) is 5.10 Å². The van der Waals surface area contributed by atoms with E-state index in [9.17, 15) is 14.7 Å². The first-order chi connectivity index (χ1) is 10.9. The molecular weight excluding hydrogens is 298 g/mol. The molecule has 0 bridgehead atoms. The van der Waals surface area contributed by atoms with Gasteiger partial charge in [-0.3, -0.25) is 14.3 Å². The first-order valence-electron chi connectivity index (χ1n) is 8.02. The second-order valence-electron chi connectivity index (χ2n) is 6.34. The van der Waals surface area contributed by atoms with Crippen molar-refractivity contribution in [2.24, 2.45) is 18.9 Å². The van der Waals surface area contributed by atoms with Crippen molar-refractivity contribution < 1.29 is 19.4 Å². The van der Waals surface area contributed by atoms with Crippen LogP contribution in [0.15, 0.2) is 6.07 Å². The molecule has 2 rings (SSSR count). The summed E-state index contributed by atoms with van der Waals surface area (Å²) in [5.41, 5.74) is 1.29. The number of carboxylic acids is 1. The maximum Gasteiger partial charge on any atom is 0.308 e. The lowest BCUT2D eigenvalue weighted by molar-refractivity contribution is -0.144. The fourth-order valence-electron chi connectivity index (χ4n) is 3.00. The van der Waals surface area contributed by atoms with Gasteiger partial charge in [0.2, 0.25) is 0 Å². The van der Waals surface area contributed by atoms with E-state index in [0.717, 1.165) is 5.69 Å². The average Bonchev–Trinajstić information content (AvgIpc) is 2.90. The highest BCUT2D eigenvalue weighted by atomic mass is 16.5. The van der Waals surface area contributed by atoms with Crippen LogP contribution in [0.1, 0.15) is 48.8 Å². The van der Waals surface area contributed by atoms with Crippen molar-refractivity contribution in [3.63, 3.8) is 0 Å². The second kappa shape index (κ2) is 7.59. The Morgan fingerprint density at radius 1 is 1.43 bits per heavy atom. The Morgan fingerprint density at radius 2 is 2.09 bits per heavy atom. The van der Waals surface area contributed by atoms with Gasteiger partial charge in [0.25, 0.3) is 5.91 Å². The van der Waals surface area contributed by atoms with Crippen LogP contribution in [0.5, 0.6) is 0 Å². The van der Waals surface area contributed by atoms with E-state index in [2.05, 4.69) is 10.4 Å². The van der Waals surface area contributed by atoms with Crippen molar-refractivity contribution in [3.8, 4) is 0 Å². The zero-order chi connectivity index (χ0) is 17.0. The Bertz CT molecular complexity index is 562. The minimum Gasteiger partial charge on any atom is -0.481 e. The van der Waals surface area contributed by atoms with Crippen molar-refractivity contribution in [1.29, 1.82) is 0 Å². The summed E-state index contributed by atoms with van der Waals surface area (Å²) in [6.45, 7) is 5.35. The molecule has 1 aromatic heterocycles. The summed E-state index contributed by atoms with van der Waals surface area (Å²) < 4.78 is 6.96. The number of hydrogen-bond donors (Lipinski definition) is 2. The predicted molar refractivity (Wildman–Crippen MR) is 84.3 cm³/mol. The Hall–Kier alpha value is -1.89. The number of rotatable bonds is 6. The number of hydrogen-bond acceptors (Lipinski definition) is 4. The molecule has 1 aliphatic heterocycles. The third-order valence-electron chi connectivity index (χ3n) is 4.37. The van der Waals surface area contributed by atoms with E-state index < -0.39 is 11.9 Å². The van der Waals surface area contributed by atoms with Crippen LogP contribution >= 0.6 is 0 Å². The molecule has 0 aliphatic carbocycles. The Morgan fingerprint density at radius 3 is 2.61 bits per heavy atom. The molecule has 23 heavy (non-hydrogen) atoms. The SMILES string of the molecule is CC(C)c1cc(C(=O)NCC(C(=O)O)C2CCOCC2)nn1C. The smallest absolute Gasteiger partial charge is 0.308 e. The van der Waals surface area contributed by atoms with Crippen molar-refractivity contribution in [2.45, 2.75) is 32.6 Å². The van der Waals surface area contributed by atoms with Crippen LogP contribution in [0.25, 0.3) is 0 Å². The lowest BCUT2D eigenvalue weighted by atomic mass is 9.86. The van der Waals surface area contributed by atoms with Crippen molar-refractivity contribution in [3.05, 3.63) is 17.5 Å². The van der Waals surface area contributed by atoms with Crippen molar-refractivity contribution in [2.75, 3.05) is 19.8 Å². The van der Waals surface area contributed by atoms with Crippen LogP contribution in [0.2, 0.25) is 0 Å². The Kier molecular flexibility index (Phi) is 5.76. The topological polar surface area (TPSA) is 93.5 Å². The number of aryl methyl sites for hydroxylation is 1. The molecule has 2 N–H and O–H groups in total. The van der Waals surface area contributed by atoms with Gasteiger partial charge in [-0.05, 0) is 30.7 Å². The van der Waals surface area contributed by atoms with Gasteiger partial charge in [-0.15, -0.1) is 0 Å². The van der Waals surface area contributed by atoms with Crippen molar-refractivity contribution >= 4 is 11.9 Å². The molecule has 1 amide bonds. The number of nitrogens with one attached hydrogen (secondary N) is 1. The van der Waals surface area contributed by atoms with Crippen LogP contribution in [0.4, 0.5) is 0 Å². The number of carbonyl (C=O) groups excluding carboxylic acids is 1. The molecule has 0 aromatic carbocycles. The van der Waals surface area contributed by atoms with E-state index in [1.54, 1.807) is 17.8 Å². The third-order valence-corrected chi connectivity index (χ3v) is 4.37. The van der Waals surface area contributed by atoms with E-state index in [4.69, 9.17) is 4.74 Å². The molecule has 128 valence electrons. The number of aromatic nitrogens is 2. The summed E-state index contributed by atoms with van der Waals surface area (Å²) in [5, 5.41) is 16.3. The zero-order valence-corrected chi connectivity index (χ0v) is 13.9. The van der Waals surface area contributed by atoms with Gasteiger partial charge in [-0.25, -0.2) is 0 Å². The molecule has 2 heterocycles. The highest BCUT2D eigenvalue weighted by Crippen LogP contribution is 2.24. The zero-order valence-electron chi connectivity index (χ0n) is 13.9. The molecule has 0 saturated carbocycles. The van der Waals surface area contributed by atoms with Gasteiger partial charge in [0.05, 0.1) is 5.92 Å². The van der Waals surface area contributed by atoms with Gasteiger partial charge < -0.3 is 15.2 Å². The number of ether oxygens (including phenoxy) is 1. The number of amides is 1. The highest BCUT2D eigenvalue weighted by molar-refractivity contribution is 5.92. The maximum absolute atomic E-state index is 12.2. The summed E-state index contributed by atoms with van der Waals surface area (Å²) in [7, 11) is 1.80. The largest absolute Gasteiger partial charge is 0.481 e. The molecule has 1 aromatic rings. The monoisotopic (exact) mass is 323 g/mol. The Labute approximate surface area is 136 Å². The average molecular weight is 323 g/mol. The van der Waals surface area contributed by atoms with Crippen LogP contribution in [0, 0.1) is 11.8 Å². The molecule has 1 atom stereocenters. The molecule has 0 spiro atoms. The molecular formula is C16H25N3O4. The van der Waals surface area contributed by atoms with E-state index >= 15 is 0 Å². The second-order valence-corrected chi connectivity index (χ2v) is 6.34. The van der Waals surface area contributed by atoms with E-state index in [-0.39, 0.29) is 24.3 Å². The number of aliphatic carboxylic acids is 1. The summed E-state index contributed by atoms with van der Waals surface area (Å²) >= 11 is 0. The molecule has 1 fully saturated rings. The molecule has 1 aliphatic rings. The normalized spacial score (nSPS) is 17.2. The molecule has 1 unspecified atom stereocenters. The molecule has 7 nitrogen and oxygen atoms in total. The van der Waals surface area contributed by atoms with Crippen LogP contribution < -0.4 is 5.32 Å². The lowest BCUT2D eigenvalue weighted by Crippen LogP contribution is -2.39. The quantitative estimate of drug-likeness (QED) is 0.825. The van der Waals surface area contributed by atoms with Crippen LogP contribution in [-0.2, 0) is 16.6 Å². The van der Waals surface area contributed by atoms with Crippen LogP contribution in [-0.4, -0.2) is 46.5 Å². The van der Waals surface area contributed by atoms with Crippen LogP contribution in [0.3, 0.4) is 0 Å². The van der Waals surface area contributed by atoms with E-state index in [0.29, 0.717) is 31.7 Å². The number of carbonyl (C=O) groups is 2. The van der Waals surface area contributed by atoms with Gasteiger partial charge in [0.1, 0.15) is 5.69 Å². The maximum atomic E-state index is 12.2. The lowest BCUT2D eigenvalue weighted by Gasteiger charge is -2.27. The van der Waals surface area contributed by atoms with E-state index in [1.807, 2.05) is 13.8 Å². The number of carboxylic acid groups (broad SMARTS) is 1. The fraction of sp³-hybridized carbons (Fsp3) is 0.688. The molecule has 1 saturated heterocycles. The summed E-state index contributed by atoms with van der Waals surface area (Å²) in [6, 6.07) is 1.75. The molecule has 7 heteroatoms. The molecule has 0 radical (unpaired) electrons. The van der Waals surface area contributed by atoms with Gasteiger partial charge in [-0.1, -0.05) is 13.8 Å². The fourth-order valence-corrected chi connectivity index (χ4v) is 3.00. The highest BCUT2D eigenvalue weighted by Gasteiger charge is 2.30. The third kappa shape index (κ3) is 4.31. The summed E-state index contributed by atoms with van der Waals surface area (Å²) in [4.78, 5) is 23.7. The van der Waals surface area contributed by atoms with E-state index in [1.165, 1.54) is 0 Å². The summed E-state index contributed by atoms with van der Waals surface area (Å²) in [5.74, 6) is -1.48. The minimum absolute atomic E-state index is 0.0384. The standard InChI is InChI=1S/C16H25N3O4/c1-10(2)14-8-13(18-19(14)3)15(20)17-9-12(16(21)22)11-4-6-23-7-5-11/h8,10-12H,4-7,9H2,1-3H3,(H,17,20)(H,21,22). The minimum atomic E-state index is -0.874.